The standard InChI is InChI=1S/C12H11O2P.C6H5O2P.C4H11O2P/c13-15(14,11-7-3-1-4-8-11)12-9-5-2-6-10-12;7-9(8)6-4-2-1-3-5-6;1-3-7(5,6)4-2/h1-10H,(H,13,14);1-5H;3-4H2,1-2H3,(H,5,6)/p+1. The number of hydrogen-bond donors (Lipinski definition) is 3. The molecule has 3 aromatic carbocycles. The lowest BCUT2D eigenvalue weighted by Gasteiger charge is -2.11. The molecule has 0 spiro atoms. The molecule has 9 heteroatoms. The van der Waals surface area contributed by atoms with Gasteiger partial charge in [-0.05, 0) is 41.0 Å². The monoisotopic (exact) mass is 481 g/mol. The third kappa shape index (κ3) is 9.84. The summed E-state index contributed by atoms with van der Waals surface area (Å²) in [6.07, 6.45) is 0.812. The van der Waals surface area contributed by atoms with Crippen molar-refractivity contribution in [2.45, 2.75) is 13.8 Å². The normalized spacial score (nSPS) is 11.3. The van der Waals surface area contributed by atoms with Crippen molar-refractivity contribution in [3.8, 4) is 0 Å². The average molecular weight is 481 g/mol. The van der Waals surface area contributed by atoms with E-state index in [-0.39, 0.29) is 0 Å². The largest absolute Gasteiger partial charge is 0.546 e. The minimum atomic E-state index is -3.40. The summed E-state index contributed by atoms with van der Waals surface area (Å²) >= 11 is 0. The van der Waals surface area contributed by atoms with E-state index in [1.165, 1.54) is 0 Å². The lowest BCUT2D eigenvalue weighted by Crippen LogP contribution is -2.14. The average Bonchev–Trinajstić information content (AvgIpc) is 2.81. The van der Waals surface area contributed by atoms with Crippen molar-refractivity contribution in [1.82, 2.24) is 0 Å². The summed E-state index contributed by atoms with van der Waals surface area (Å²) in [5, 5.41) is 1.42. The van der Waals surface area contributed by atoms with Crippen LogP contribution in [0.25, 0.3) is 0 Å². The number of hydrogen-bond acceptors (Lipinski definition) is 3. The Labute approximate surface area is 184 Å². The second kappa shape index (κ2) is 13.5. The molecule has 0 aromatic heterocycles. The van der Waals surface area contributed by atoms with Crippen LogP contribution in [0.5, 0.6) is 0 Å². The maximum absolute atomic E-state index is 12.2. The fraction of sp³-hybridized carbons (Fsp3) is 0.182. The lowest BCUT2D eigenvalue weighted by atomic mass is 10.4. The first-order valence-corrected chi connectivity index (χ1v) is 14.5. The van der Waals surface area contributed by atoms with Crippen LogP contribution in [-0.4, -0.2) is 27.0 Å². The summed E-state index contributed by atoms with van der Waals surface area (Å²) in [5.74, 6) is 0. The first-order valence-electron chi connectivity index (χ1n) is 9.60. The van der Waals surface area contributed by atoms with E-state index in [9.17, 15) is 18.6 Å². The van der Waals surface area contributed by atoms with Crippen molar-refractivity contribution < 1.29 is 28.4 Å². The first-order chi connectivity index (χ1) is 14.6. The zero-order valence-electron chi connectivity index (χ0n) is 17.5. The van der Waals surface area contributed by atoms with Crippen molar-refractivity contribution in [1.29, 1.82) is 0 Å². The van der Waals surface area contributed by atoms with Crippen LogP contribution < -0.4 is 15.9 Å². The van der Waals surface area contributed by atoms with Gasteiger partial charge in [-0.3, -0.25) is 9.13 Å². The highest BCUT2D eigenvalue weighted by molar-refractivity contribution is 7.73. The lowest BCUT2D eigenvalue weighted by molar-refractivity contribution is 0.480. The zero-order valence-corrected chi connectivity index (χ0v) is 20.2. The second-order valence-electron chi connectivity index (χ2n) is 6.33. The summed E-state index contributed by atoms with van der Waals surface area (Å²) < 4.78 is 33.0. The van der Waals surface area contributed by atoms with Crippen LogP contribution in [0.2, 0.25) is 0 Å². The molecule has 0 bridgehead atoms. The Morgan fingerprint density at radius 1 is 0.677 bits per heavy atom. The number of rotatable bonds is 5. The van der Waals surface area contributed by atoms with Crippen LogP contribution in [0.4, 0.5) is 0 Å². The van der Waals surface area contributed by atoms with Crippen molar-refractivity contribution in [2.24, 2.45) is 0 Å². The Kier molecular flexibility index (Phi) is 11.8. The quantitative estimate of drug-likeness (QED) is 0.470. The summed E-state index contributed by atoms with van der Waals surface area (Å²) in [5.41, 5.74) is 0. The van der Waals surface area contributed by atoms with E-state index in [4.69, 9.17) is 9.79 Å². The fourth-order valence-electron chi connectivity index (χ4n) is 2.19. The van der Waals surface area contributed by atoms with Gasteiger partial charge in [-0.2, -0.15) is 4.89 Å². The van der Waals surface area contributed by atoms with E-state index in [0.29, 0.717) is 28.2 Å². The zero-order chi connectivity index (χ0) is 23.3. The molecule has 0 aliphatic heterocycles. The topological polar surface area (TPSA) is 112 Å². The maximum atomic E-state index is 12.2. The van der Waals surface area contributed by atoms with E-state index in [0.717, 1.165) is 0 Å². The summed E-state index contributed by atoms with van der Waals surface area (Å²) in [6.45, 7) is 3.45. The van der Waals surface area contributed by atoms with Crippen molar-refractivity contribution in [2.75, 3.05) is 12.3 Å². The van der Waals surface area contributed by atoms with Gasteiger partial charge in [0.1, 0.15) is 0 Å². The van der Waals surface area contributed by atoms with Gasteiger partial charge in [-0.25, -0.2) is 0 Å². The first kappa shape index (κ1) is 27.1. The van der Waals surface area contributed by atoms with Crippen LogP contribution in [0, 0.1) is 0 Å². The highest BCUT2D eigenvalue weighted by Gasteiger charge is 2.22. The molecule has 31 heavy (non-hydrogen) atoms. The van der Waals surface area contributed by atoms with Crippen LogP contribution >= 0.6 is 22.8 Å². The van der Waals surface area contributed by atoms with Crippen LogP contribution in [0.15, 0.2) is 91.0 Å². The Morgan fingerprint density at radius 2 is 1.00 bits per heavy atom. The smallest absolute Gasteiger partial charge is 0.344 e. The summed E-state index contributed by atoms with van der Waals surface area (Å²) in [6, 6.07) is 25.9. The van der Waals surface area contributed by atoms with Gasteiger partial charge in [0, 0.05) is 22.9 Å². The van der Waals surface area contributed by atoms with E-state index in [2.05, 4.69) is 0 Å². The molecule has 1 atom stereocenters. The molecule has 0 heterocycles. The maximum Gasteiger partial charge on any atom is 0.546 e. The molecule has 0 radical (unpaired) electrons. The van der Waals surface area contributed by atoms with Crippen molar-refractivity contribution in [3.05, 3.63) is 91.0 Å². The van der Waals surface area contributed by atoms with E-state index < -0.39 is 22.8 Å². The summed E-state index contributed by atoms with van der Waals surface area (Å²) in [4.78, 5) is 27.2. The molecular weight excluding hydrogens is 453 g/mol. The molecule has 0 amide bonds. The molecule has 3 rings (SSSR count). The van der Waals surface area contributed by atoms with Gasteiger partial charge < -0.3 is 9.79 Å². The summed E-state index contributed by atoms with van der Waals surface area (Å²) in [7, 11) is -8.20. The van der Waals surface area contributed by atoms with E-state index >= 15 is 0 Å². The Hall–Kier alpha value is -1.90. The minimum absolute atomic E-state index is 0.406. The molecule has 0 aliphatic rings. The Morgan fingerprint density at radius 3 is 1.23 bits per heavy atom. The van der Waals surface area contributed by atoms with Gasteiger partial charge in [0.05, 0.1) is 0 Å². The molecule has 1 unspecified atom stereocenters. The van der Waals surface area contributed by atoms with Crippen LogP contribution in [-0.2, 0) is 13.7 Å². The van der Waals surface area contributed by atoms with Gasteiger partial charge in [-0.1, -0.05) is 68.4 Å². The van der Waals surface area contributed by atoms with Crippen LogP contribution in [0.3, 0.4) is 0 Å². The SMILES string of the molecule is CCP(=O)(O)CC.O=P(O)(c1ccccc1)c1ccccc1.O=[P+](O)c1ccccc1. The Bertz CT molecular complexity index is 960. The molecule has 3 N–H and O–H groups in total. The van der Waals surface area contributed by atoms with Crippen molar-refractivity contribution >= 4 is 38.7 Å². The molecule has 0 saturated heterocycles. The molecule has 0 saturated carbocycles. The highest BCUT2D eigenvalue weighted by Crippen LogP contribution is 2.38. The van der Waals surface area contributed by atoms with Crippen LogP contribution in [0.1, 0.15) is 13.8 Å². The molecule has 166 valence electrons. The molecular formula is C22H28O6P3+. The third-order valence-corrected chi connectivity index (χ3v) is 8.89. The van der Waals surface area contributed by atoms with Gasteiger partial charge in [-0.15, -0.1) is 0 Å². The minimum Gasteiger partial charge on any atom is -0.344 e. The van der Waals surface area contributed by atoms with Gasteiger partial charge >= 0.3 is 8.03 Å². The molecule has 0 aliphatic carbocycles. The van der Waals surface area contributed by atoms with Gasteiger partial charge in [0.15, 0.2) is 7.37 Å². The Balaban J connectivity index is 0.000000257. The predicted octanol–water partition coefficient (Wildman–Crippen LogP) is 4.25. The fourth-order valence-corrected chi connectivity index (χ4v) is 4.51. The molecule has 6 nitrogen and oxygen atoms in total. The van der Waals surface area contributed by atoms with Gasteiger partial charge in [0.25, 0.3) is 7.37 Å². The second-order valence-corrected chi connectivity index (χ2v) is 12.5. The third-order valence-electron chi connectivity index (χ3n) is 4.18. The van der Waals surface area contributed by atoms with Gasteiger partial charge in [0.2, 0.25) is 5.30 Å². The molecule has 3 aromatic rings. The highest BCUT2D eigenvalue weighted by atomic mass is 31.2. The van der Waals surface area contributed by atoms with E-state index in [1.807, 2.05) is 18.2 Å². The van der Waals surface area contributed by atoms with E-state index in [1.54, 1.807) is 86.6 Å². The molecule has 0 fully saturated rings. The number of benzene rings is 3. The van der Waals surface area contributed by atoms with Crippen molar-refractivity contribution in [3.63, 3.8) is 0 Å². The predicted molar refractivity (Wildman–Crippen MR) is 129 cm³/mol.